The minimum Gasteiger partial charge on any atom is -0.393 e. The average Bonchev–Trinajstić information content (AvgIpc) is 3.21. The molecule has 116 valence electrons. The van der Waals surface area contributed by atoms with Gasteiger partial charge in [-0.25, -0.2) is 8.78 Å². The van der Waals surface area contributed by atoms with Crippen LogP contribution in [0.15, 0.2) is 18.2 Å². The Morgan fingerprint density at radius 1 is 1.29 bits per heavy atom. The number of halogens is 2. The zero-order valence-electron chi connectivity index (χ0n) is 12.0. The summed E-state index contributed by atoms with van der Waals surface area (Å²) in [5.74, 6) is -0.420. The van der Waals surface area contributed by atoms with Crippen LogP contribution >= 0.6 is 0 Å². The number of hydrogen-bond donors (Lipinski definition) is 2. The fraction of sp³-hybridized carbons (Fsp3) is 0.625. The van der Waals surface area contributed by atoms with Crippen LogP contribution in [0, 0.1) is 23.5 Å². The lowest BCUT2D eigenvalue weighted by Gasteiger charge is -2.38. The first-order valence-corrected chi connectivity index (χ1v) is 7.66. The summed E-state index contributed by atoms with van der Waals surface area (Å²) in [7, 11) is 0. The fourth-order valence-electron chi connectivity index (χ4n) is 3.37. The van der Waals surface area contributed by atoms with Crippen molar-refractivity contribution in [3.8, 4) is 0 Å². The summed E-state index contributed by atoms with van der Waals surface area (Å²) in [6.07, 6.45) is 3.52. The highest BCUT2D eigenvalue weighted by atomic mass is 19.1. The van der Waals surface area contributed by atoms with Crippen LogP contribution in [0.1, 0.15) is 25.7 Å². The van der Waals surface area contributed by atoms with E-state index in [0.29, 0.717) is 24.7 Å². The molecule has 0 aromatic heterocycles. The summed E-state index contributed by atoms with van der Waals surface area (Å²) in [5, 5.41) is 10.1. The number of nitrogens with zero attached hydrogens (tertiary/aromatic N) is 1. The molecular weight excluding hydrogens is 274 g/mol. The standard InChI is InChI=1S/C16H22F2N2O/c17-12-3-4-15(14(18)7-12)20-8-10(5-13(19)9-20)6-16(21)11-1-2-11/h3-4,7,10-11,13,16,21H,1-2,5-6,8-9,19H2. The first-order valence-electron chi connectivity index (χ1n) is 7.66. The number of anilines is 1. The molecule has 0 bridgehead atoms. The molecule has 1 saturated carbocycles. The van der Waals surface area contributed by atoms with E-state index in [1.165, 1.54) is 12.1 Å². The molecule has 3 nitrogen and oxygen atoms in total. The van der Waals surface area contributed by atoms with Gasteiger partial charge in [-0.1, -0.05) is 0 Å². The van der Waals surface area contributed by atoms with Gasteiger partial charge in [-0.3, -0.25) is 0 Å². The van der Waals surface area contributed by atoms with Crippen molar-refractivity contribution in [3.63, 3.8) is 0 Å². The summed E-state index contributed by atoms with van der Waals surface area (Å²) in [4.78, 5) is 1.88. The number of aliphatic hydroxyl groups excluding tert-OH is 1. The number of rotatable bonds is 4. The van der Waals surface area contributed by atoms with E-state index in [1.807, 2.05) is 4.90 Å². The smallest absolute Gasteiger partial charge is 0.149 e. The largest absolute Gasteiger partial charge is 0.393 e. The van der Waals surface area contributed by atoms with Gasteiger partial charge in [-0.15, -0.1) is 0 Å². The van der Waals surface area contributed by atoms with Crippen LogP contribution in [-0.4, -0.2) is 30.3 Å². The summed E-state index contributed by atoms with van der Waals surface area (Å²) in [6.45, 7) is 1.23. The van der Waals surface area contributed by atoms with Crippen LogP contribution in [0.4, 0.5) is 14.5 Å². The highest BCUT2D eigenvalue weighted by Crippen LogP contribution is 2.37. The molecule has 2 fully saturated rings. The molecule has 2 aliphatic rings. The highest BCUT2D eigenvalue weighted by Gasteiger charge is 2.34. The molecule has 1 heterocycles. The van der Waals surface area contributed by atoms with Crippen molar-refractivity contribution in [2.45, 2.75) is 37.8 Å². The zero-order chi connectivity index (χ0) is 15.0. The van der Waals surface area contributed by atoms with E-state index in [4.69, 9.17) is 5.73 Å². The van der Waals surface area contributed by atoms with E-state index >= 15 is 0 Å². The molecule has 1 aromatic rings. The van der Waals surface area contributed by atoms with E-state index in [2.05, 4.69) is 0 Å². The molecule has 5 heteroatoms. The Kier molecular flexibility index (Phi) is 4.13. The lowest BCUT2D eigenvalue weighted by Crippen LogP contribution is -2.48. The van der Waals surface area contributed by atoms with Crippen LogP contribution in [0.3, 0.4) is 0 Å². The van der Waals surface area contributed by atoms with E-state index in [0.717, 1.165) is 31.7 Å². The Hall–Kier alpha value is -1.20. The van der Waals surface area contributed by atoms with Crippen LogP contribution in [0.25, 0.3) is 0 Å². The third-order valence-corrected chi connectivity index (χ3v) is 4.56. The summed E-state index contributed by atoms with van der Waals surface area (Å²) >= 11 is 0. The van der Waals surface area contributed by atoms with Gasteiger partial charge in [-0.2, -0.15) is 0 Å². The second-order valence-electron chi connectivity index (χ2n) is 6.50. The first kappa shape index (κ1) is 14.7. The normalized spacial score (nSPS) is 27.7. The third kappa shape index (κ3) is 3.52. The molecule has 3 unspecified atom stereocenters. The molecule has 1 aliphatic carbocycles. The van der Waals surface area contributed by atoms with Gasteiger partial charge < -0.3 is 15.7 Å². The molecule has 0 amide bonds. The molecule has 3 rings (SSSR count). The Morgan fingerprint density at radius 3 is 2.71 bits per heavy atom. The van der Waals surface area contributed by atoms with Crippen molar-refractivity contribution in [3.05, 3.63) is 29.8 Å². The maximum atomic E-state index is 13.9. The topological polar surface area (TPSA) is 49.5 Å². The van der Waals surface area contributed by atoms with Crippen molar-refractivity contribution in [2.24, 2.45) is 17.6 Å². The predicted octanol–water partition coefficient (Wildman–Crippen LogP) is 2.28. The van der Waals surface area contributed by atoms with Crippen LogP contribution in [0.2, 0.25) is 0 Å². The number of aliphatic hydroxyl groups is 1. The van der Waals surface area contributed by atoms with Gasteiger partial charge >= 0.3 is 0 Å². The molecule has 21 heavy (non-hydrogen) atoms. The van der Waals surface area contributed by atoms with Gasteiger partial charge in [0.05, 0.1) is 11.8 Å². The second-order valence-corrected chi connectivity index (χ2v) is 6.50. The number of benzene rings is 1. The quantitative estimate of drug-likeness (QED) is 0.896. The van der Waals surface area contributed by atoms with Crippen LogP contribution < -0.4 is 10.6 Å². The molecule has 3 atom stereocenters. The van der Waals surface area contributed by atoms with Gasteiger partial charge in [0.1, 0.15) is 11.6 Å². The van der Waals surface area contributed by atoms with E-state index in [1.54, 1.807) is 0 Å². The van der Waals surface area contributed by atoms with E-state index < -0.39 is 11.6 Å². The van der Waals surface area contributed by atoms with Crippen molar-refractivity contribution in [2.75, 3.05) is 18.0 Å². The molecule has 1 aromatic carbocycles. The van der Waals surface area contributed by atoms with Crippen molar-refractivity contribution < 1.29 is 13.9 Å². The number of piperidine rings is 1. The van der Waals surface area contributed by atoms with Gasteiger partial charge in [0.25, 0.3) is 0 Å². The summed E-state index contributed by atoms with van der Waals surface area (Å²) in [5.41, 5.74) is 6.48. The van der Waals surface area contributed by atoms with Gasteiger partial charge in [0.2, 0.25) is 0 Å². The van der Waals surface area contributed by atoms with Gasteiger partial charge in [-0.05, 0) is 49.7 Å². The monoisotopic (exact) mass is 296 g/mol. The van der Waals surface area contributed by atoms with Crippen LogP contribution in [0.5, 0.6) is 0 Å². The Bertz CT molecular complexity index is 507. The van der Waals surface area contributed by atoms with E-state index in [9.17, 15) is 13.9 Å². The summed E-state index contributed by atoms with van der Waals surface area (Å²) in [6, 6.07) is 3.60. The average molecular weight is 296 g/mol. The van der Waals surface area contributed by atoms with Gasteiger partial charge in [0, 0.05) is 25.2 Å². The minimum absolute atomic E-state index is 0.0420. The highest BCUT2D eigenvalue weighted by molar-refractivity contribution is 5.48. The van der Waals surface area contributed by atoms with Crippen molar-refractivity contribution >= 4 is 5.69 Å². The maximum Gasteiger partial charge on any atom is 0.149 e. The molecular formula is C16H22F2N2O. The van der Waals surface area contributed by atoms with Crippen molar-refractivity contribution in [1.29, 1.82) is 0 Å². The summed E-state index contributed by atoms with van der Waals surface area (Å²) < 4.78 is 26.9. The Balaban J connectivity index is 1.69. The van der Waals surface area contributed by atoms with Crippen LogP contribution in [-0.2, 0) is 0 Å². The second kappa shape index (κ2) is 5.89. The molecule has 1 saturated heterocycles. The van der Waals surface area contributed by atoms with Crippen molar-refractivity contribution in [1.82, 2.24) is 0 Å². The molecule has 0 spiro atoms. The molecule has 3 N–H and O–H groups in total. The lowest BCUT2D eigenvalue weighted by molar-refractivity contribution is 0.114. The Morgan fingerprint density at radius 2 is 2.05 bits per heavy atom. The number of hydrogen-bond acceptors (Lipinski definition) is 3. The first-order chi connectivity index (χ1) is 10.0. The Labute approximate surface area is 123 Å². The van der Waals surface area contributed by atoms with E-state index in [-0.39, 0.29) is 18.1 Å². The molecule has 0 radical (unpaired) electrons. The predicted molar refractivity (Wildman–Crippen MR) is 78.0 cm³/mol. The SMILES string of the molecule is NC1CC(CC(O)C2CC2)CN(c2ccc(F)cc2F)C1. The van der Waals surface area contributed by atoms with Gasteiger partial charge in [0.15, 0.2) is 0 Å². The maximum absolute atomic E-state index is 13.9. The minimum atomic E-state index is -0.571. The zero-order valence-corrected chi connectivity index (χ0v) is 12.0. The third-order valence-electron chi connectivity index (χ3n) is 4.56. The molecule has 1 aliphatic heterocycles. The fourth-order valence-corrected chi connectivity index (χ4v) is 3.37. The lowest BCUT2D eigenvalue weighted by atomic mass is 9.88. The number of nitrogens with two attached hydrogens (primary N) is 1.